The number of hydrogen-bond donors (Lipinski definition) is 4. The molecule has 1 aliphatic heterocycles. The van der Waals surface area contributed by atoms with Crippen LogP contribution in [0.15, 0.2) is 0 Å². The molecule has 0 spiro atoms. The Morgan fingerprint density at radius 3 is 2.30 bits per heavy atom. The summed E-state index contributed by atoms with van der Waals surface area (Å²) in [5.74, 6) is -1.97. The lowest BCUT2D eigenvalue weighted by Crippen LogP contribution is -2.46. The molecule has 0 aromatic heterocycles. The summed E-state index contributed by atoms with van der Waals surface area (Å²) in [5.41, 5.74) is 0. The molecule has 0 unspecified atom stereocenters. The Bertz CT molecular complexity index is 127. The molecule has 0 bridgehead atoms. The molecule has 5 heteroatoms. The van der Waals surface area contributed by atoms with Crippen molar-refractivity contribution in [1.82, 2.24) is 0 Å². The van der Waals surface area contributed by atoms with Crippen molar-refractivity contribution in [3.63, 3.8) is 0 Å². The molecule has 1 fully saturated rings. The van der Waals surface area contributed by atoms with Crippen LogP contribution in [0.1, 0.15) is 0 Å². The molecule has 3 atom stereocenters. The summed E-state index contributed by atoms with van der Waals surface area (Å²) in [6.07, 6.45) is -2.53. The molecule has 0 aromatic rings. The van der Waals surface area contributed by atoms with Crippen LogP contribution in [0, 0.1) is 0 Å². The maximum Gasteiger partial charge on any atom is 0.218 e. The van der Waals surface area contributed by atoms with Gasteiger partial charge in [-0.25, -0.2) is 0 Å². The molecule has 0 amide bonds. The van der Waals surface area contributed by atoms with Gasteiger partial charge in [-0.2, -0.15) is 0 Å². The van der Waals surface area contributed by atoms with Crippen LogP contribution in [0.25, 0.3) is 0 Å². The van der Waals surface area contributed by atoms with Gasteiger partial charge in [0.1, 0.15) is 12.2 Å². The Hall–Kier alpha value is -0.200. The lowest BCUT2D eigenvalue weighted by molar-refractivity contribution is -0.234. The molecule has 10 heavy (non-hydrogen) atoms. The molecule has 1 aliphatic rings. The van der Waals surface area contributed by atoms with E-state index >= 15 is 0 Å². The fraction of sp³-hybridized carbons (Fsp3) is 1.00. The zero-order valence-electron chi connectivity index (χ0n) is 5.27. The van der Waals surface area contributed by atoms with Crippen molar-refractivity contribution >= 4 is 0 Å². The second-order valence-electron chi connectivity index (χ2n) is 2.33. The average molecular weight is 150 g/mol. The first kappa shape index (κ1) is 7.90. The third-order valence-corrected chi connectivity index (χ3v) is 1.56. The second-order valence-corrected chi connectivity index (χ2v) is 2.33. The van der Waals surface area contributed by atoms with Gasteiger partial charge in [0.25, 0.3) is 0 Å². The molecule has 4 N–H and O–H groups in total. The summed E-state index contributed by atoms with van der Waals surface area (Å²) in [6.45, 7) is -0.872. The van der Waals surface area contributed by atoms with E-state index in [0.717, 1.165) is 0 Å². The normalized spacial score (nSPS) is 48.0. The van der Waals surface area contributed by atoms with Crippen molar-refractivity contribution in [2.75, 3.05) is 13.2 Å². The fourth-order valence-electron chi connectivity index (χ4n) is 0.846. The van der Waals surface area contributed by atoms with E-state index in [1.165, 1.54) is 0 Å². The Balaban J connectivity index is 2.64. The van der Waals surface area contributed by atoms with Gasteiger partial charge in [-0.1, -0.05) is 0 Å². The Morgan fingerprint density at radius 1 is 1.50 bits per heavy atom. The summed E-state index contributed by atoms with van der Waals surface area (Å²) in [6, 6.07) is 0. The number of aliphatic hydroxyl groups is 4. The van der Waals surface area contributed by atoms with Crippen LogP contribution in [0.3, 0.4) is 0 Å². The summed E-state index contributed by atoms with van der Waals surface area (Å²) in [4.78, 5) is 0. The van der Waals surface area contributed by atoms with E-state index in [0.29, 0.717) is 0 Å². The van der Waals surface area contributed by atoms with Crippen LogP contribution >= 0.6 is 0 Å². The van der Waals surface area contributed by atoms with Crippen molar-refractivity contribution in [2.24, 2.45) is 0 Å². The maximum absolute atomic E-state index is 9.06. The zero-order chi connectivity index (χ0) is 7.78. The van der Waals surface area contributed by atoms with Crippen LogP contribution in [-0.2, 0) is 4.74 Å². The van der Waals surface area contributed by atoms with Crippen LogP contribution in [-0.4, -0.2) is 51.6 Å². The third-order valence-electron chi connectivity index (χ3n) is 1.56. The molecule has 60 valence electrons. The molecule has 0 saturated carbocycles. The predicted octanol–water partition coefficient (Wildman–Crippen LogP) is -2.58. The fourth-order valence-corrected chi connectivity index (χ4v) is 0.846. The van der Waals surface area contributed by atoms with Gasteiger partial charge < -0.3 is 25.2 Å². The van der Waals surface area contributed by atoms with Gasteiger partial charge in [0.05, 0.1) is 13.2 Å². The summed E-state index contributed by atoms with van der Waals surface area (Å²) in [5, 5.41) is 35.3. The van der Waals surface area contributed by atoms with Crippen LogP contribution < -0.4 is 0 Å². The molecule has 0 aliphatic carbocycles. The Kier molecular flexibility index (Phi) is 1.93. The third kappa shape index (κ3) is 1.02. The van der Waals surface area contributed by atoms with E-state index in [1.54, 1.807) is 0 Å². The second kappa shape index (κ2) is 2.44. The Labute approximate surface area is 57.5 Å². The average Bonchev–Trinajstić information content (AvgIpc) is 2.19. The highest BCUT2D eigenvalue weighted by atomic mass is 16.7. The van der Waals surface area contributed by atoms with E-state index in [9.17, 15) is 0 Å². The van der Waals surface area contributed by atoms with Crippen molar-refractivity contribution in [2.45, 2.75) is 18.0 Å². The minimum Gasteiger partial charge on any atom is -0.391 e. The summed E-state index contributed by atoms with van der Waals surface area (Å²) >= 11 is 0. The monoisotopic (exact) mass is 150 g/mol. The highest BCUT2D eigenvalue weighted by Gasteiger charge is 2.47. The van der Waals surface area contributed by atoms with E-state index in [1.807, 2.05) is 0 Å². The van der Waals surface area contributed by atoms with Gasteiger partial charge >= 0.3 is 0 Å². The lowest BCUT2D eigenvalue weighted by atomic mass is 10.1. The van der Waals surface area contributed by atoms with Gasteiger partial charge in [0.15, 0.2) is 0 Å². The number of rotatable bonds is 1. The molecule has 1 rings (SSSR count). The minimum atomic E-state index is -1.97. The van der Waals surface area contributed by atoms with Crippen molar-refractivity contribution in [1.29, 1.82) is 0 Å². The number of ether oxygens (including phenoxy) is 1. The van der Waals surface area contributed by atoms with E-state index in [2.05, 4.69) is 4.74 Å². The molecule has 5 nitrogen and oxygen atoms in total. The predicted molar refractivity (Wildman–Crippen MR) is 30.0 cm³/mol. The SMILES string of the molecule is OC[C@]1(O)OC[C@@H](O)[C@H]1O. The molecule has 0 radical (unpaired) electrons. The molecule has 1 saturated heterocycles. The molecule has 1 heterocycles. The quantitative estimate of drug-likeness (QED) is 0.329. The molecular weight excluding hydrogens is 140 g/mol. The highest BCUT2D eigenvalue weighted by molar-refractivity contribution is 4.88. The summed E-state index contributed by atoms with van der Waals surface area (Å²) < 4.78 is 4.52. The van der Waals surface area contributed by atoms with E-state index in [4.69, 9.17) is 20.4 Å². The smallest absolute Gasteiger partial charge is 0.218 e. The lowest BCUT2D eigenvalue weighted by Gasteiger charge is -2.22. The van der Waals surface area contributed by atoms with Gasteiger partial charge in [-0.3, -0.25) is 0 Å². The standard InChI is InChI=1S/C5H10O5/c6-2-5(9)4(8)3(7)1-10-5/h3-4,6-9H,1-2H2/t3-,4-,5+/m1/s1. The van der Waals surface area contributed by atoms with Gasteiger partial charge in [-0.05, 0) is 0 Å². The van der Waals surface area contributed by atoms with Crippen LogP contribution in [0.5, 0.6) is 0 Å². The Morgan fingerprint density at radius 2 is 2.10 bits per heavy atom. The molecular formula is C5H10O5. The summed E-state index contributed by atoms with van der Waals surface area (Å²) in [7, 11) is 0. The topological polar surface area (TPSA) is 90.2 Å². The van der Waals surface area contributed by atoms with Gasteiger partial charge in [0, 0.05) is 0 Å². The van der Waals surface area contributed by atoms with E-state index in [-0.39, 0.29) is 6.61 Å². The van der Waals surface area contributed by atoms with Crippen LogP contribution in [0.2, 0.25) is 0 Å². The van der Waals surface area contributed by atoms with Crippen molar-refractivity contribution in [3.05, 3.63) is 0 Å². The maximum atomic E-state index is 9.06. The highest BCUT2D eigenvalue weighted by Crippen LogP contribution is 2.22. The van der Waals surface area contributed by atoms with E-state index < -0.39 is 24.6 Å². The number of aliphatic hydroxyl groups excluding tert-OH is 3. The van der Waals surface area contributed by atoms with Crippen molar-refractivity contribution < 1.29 is 25.2 Å². The first-order valence-electron chi connectivity index (χ1n) is 2.93. The van der Waals surface area contributed by atoms with Gasteiger partial charge in [-0.15, -0.1) is 0 Å². The number of hydrogen-bond acceptors (Lipinski definition) is 5. The molecule has 0 aromatic carbocycles. The first-order chi connectivity index (χ1) is 4.60. The zero-order valence-corrected chi connectivity index (χ0v) is 5.27. The first-order valence-corrected chi connectivity index (χ1v) is 2.93. The van der Waals surface area contributed by atoms with Crippen molar-refractivity contribution in [3.8, 4) is 0 Å². The minimum absolute atomic E-state index is 0.155. The van der Waals surface area contributed by atoms with Gasteiger partial charge in [0.2, 0.25) is 5.79 Å². The largest absolute Gasteiger partial charge is 0.391 e. The van der Waals surface area contributed by atoms with Crippen LogP contribution in [0.4, 0.5) is 0 Å².